The molecule has 1 aliphatic heterocycles. The van der Waals surface area contributed by atoms with Gasteiger partial charge in [0.25, 0.3) is 0 Å². The molecule has 0 saturated carbocycles. The zero-order valence-corrected chi connectivity index (χ0v) is 13.4. The van der Waals surface area contributed by atoms with E-state index >= 15 is 0 Å². The van der Waals surface area contributed by atoms with Crippen LogP contribution in [0.3, 0.4) is 0 Å². The highest BCUT2D eigenvalue weighted by molar-refractivity contribution is 5.83. The van der Waals surface area contributed by atoms with Crippen LogP contribution in [0.25, 0.3) is 10.9 Å². The number of anilines is 1. The molecule has 122 valence electrons. The van der Waals surface area contributed by atoms with Crippen LogP contribution in [0.5, 0.6) is 0 Å². The second-order valence-electron chi connectivity index (χ2n) is 6.19. The van der Waals surface area contributed by atoms with E-state index in [4.69, 9.17) is 0 Å². The summed E-state index contributed by atoms with van der Waals surface area (Å²) in [5.41, 5.74) is 1.09. The van der Waals surface area contributed by atoms with Crippen LogP contribution in [0.2, 0.25) is 0 Å². The number of amides is 1. The van der Waals surface area contributed by atoms with Crippen molar-refractivity contribution in [3.05, 3.63) is 60.9 Å². The number of carbonyl (C=O) groups excluding carboxylic acids is 1. The van der Waals surface area contributed by atoms with Gasteiger partial charge in [-0.25, -0.2) is 4.98 Å². The van der Waals surface area contributed by atoms with Gasteiger partial charge in [-0.05, 0) is 36.1 Å². The van der Waals surface area contributed by atoms with Gasteiger partial charge in [0.15, 0.2) is 0 Å². The first-order valence-corrected chi connectivity index (χ1v) is 8.29. The average molecular weight is 320 g/mol. The molecule has 0 aliphatic carbocycles. The van der Waals surface area contributed by atoms with Crippen molar-refractivity contribution in [1.29, 1.82) is 0 Å². The Labute approximate surface area is 140 Å². The van der Waals surface area contributed by atoms with E-state index in [1.165, 1.54) is 0 Å². The fourth-order valence-electron chi connectivity index (χ4n) is 3.33. The Hall–Kier alpha value is -2.82. The number of nitrogens with zero attached hydrogens (tertiary/aromatic N) is 3. The number of nitrogens with one attached hydrogen (secondary N) is 1. The van der Waals surface area contributed by atoms with Gasteiger partial charge in [0.1, 0.15) is 12.4 Å². The van der Waals surface area contributed by atoms with Crippen molar-refractivity contribution < 1.29 is 4.79 Å². The van der Waals surface area contributed by atoms with Crippen molar-refractivity contribution >= 4 is 22.6 Å². The quantitative estimate of drug-likeness (QED) is 0.803. The average Bonchev–Trinajstić information content (AvgIpc) is 3.23. The summed E-state index contributed by atoms with van der Waals surface area (Å²) in [4.78, 5) is 19.0. The number of fused-ring (bicyclic) bond motifs is 1. The fraction of sp³-hybridized carbons (Fsp3) is 0.263. The lowest BCUT2D eigenvalue weighted by molar-refractivity contribution is -0.122. The Morgan fingerprint density at radius 2 is 2.04 bits per heavy atom. The molecule has 3 aromatic rings. The van der Waals surface area contributed by atoms with E-state index in [0.717, 1.165) is 36.2 Å². The van der Waals surface area contributed by atoms with E-state index in [9.17, 15) is 4.79 Å². The van der Waals surface area contributed by atoms with Gasteiger partial charge >= 0.3 is 0 Å². The third-order valence-electron chi connectivity index (χ3n) is 4.52. The molecule has 0 unspecified atom stereocenters. The predicted octanol–water partition coefficient (Wildman–Crippen LogP) is 2.43. The summed E-state index contributed by atoms with van der Waals surface area (Å²) in [6.07, 6.45) is 4.73. The highest BCUT2D eigenvalue weighted by Crippen LogP contribution is 2.18. The largest absolute Gasteiger partial charge is 0.354 e. The lowest BCUT2D eigenvalue weighted by atomic mass is 10.2. The molecule has 1 fully saturated rings. The molecule has 1 N–H and O–H groups in total. The maximum absolute atomic E-state index is 12.4. The second-order valence-corrected chi connectivity index (χ2v) is 6.19. The normalized spacial score (nSPS) is 17.3. The van der Waals surface area contributed by atoms with E-state index in [-0.39, 0.29) is 11.9 Å². The van der Waals surface area contributed by atoms with E-state index in [0.29, 0.717) is 6.54 Å². The molecule has 2 aromatic heterocycles. The molecule has 24 heavy (non-hydrogen) atoms. The maximum atomic E-state index is 12.4. The Bertz CT molecular complexity index is 843. The number of para-hydroxylation sites is 1. The molecular weight excluding hydrogens is 300 g/mol. The zero-order chi connectivity index (χ0) is 16.4. The topological polar surface area (TPSA) is 50.2 Å². The molecule has 0 bridgehead atoms. The Kier molecular flexibility index (Phi) is 3.91. The summed E-state index contributed by atoms with van der Waals surface area (Å²) in [5, 5.41) is 4.31. The minimum Gasteiger partial charge on any atom is -0.354 e. The van der Waals surface area contributed by atoms with Gasteiger partial charge in [0, 0.05) is 37.0 Å². The van der Waals surface area contributed by atoms with E-state index in [2.05, 4.69) is 21.3 Å². The molecule has 0 radical (unpaired) electrons. The number of aromatic nitrogens is 2. The van der Waals surface area contributed by atoms with Crippen molar-refractivity contribution in [2.24, 2.45) is 0 Å². The summed E-state index contributed by atoms with van der Waals surface area (Å²) in [6.45, 7) is 2.09. The van der Waals surface area contributed by atoms with Crippen LogP contribution in [0.4, 0.5) is 5.82 Å². The zero-order valence-electron chi connectivity index (χ0n) is 13.4. The number of carbonyl (C=O) groups is 1. The standard InChI is InChI=1S/C19H20N4O/c24-19(14-22-11-8-15-5-1-2-6-17(15)22)21-16-9-12-23(13-16)18-7-3-4-10-20-18/h1-8,10-11,16H,9,12-14H2,(H,21,24)/t16-/m1/s1. The number of hydrogen-bond acceptors (Lipinski definition) is 3. The van der Waals surface area contributed by atoms with Gasteiger partial charge in [-0.15, -0.1) is 0 Å². The number of benzene rings is 1. The Morgan fingerprint density at radius 1 is 1.17 bits per heavy atom. The number of pyridine rings is 1. The minimum absolute atomic E-state index is 0.0595. The Morgan fingerprint density at radius 3 is 2.92 bits per heavy atom. The molecule has 5 heteroatoms. The first-order valence-electron chi connectivity index (χ1n) is 8.29. The van der Waals surface area contributed by atoms with Gasteiger partial charge in [-0.3, -0.25) is 4.79 Å². The van der Waals surface area contributed by atoms with Crippen molar-refractivity contribution in [2.75, 3.05) is 18.0 Å². The van der Waals surface area contributed by atoms with E-state index < -0.39 is 0 Å². The van der Waals surface area contributed by atoms with E-state index in [1.807, 2.05) is 53.2 Å². The maximum Gasteiger partial charge on any atom is 0.240 e. The van der Waals surface area contributed by atoms with Gasteiger partial charge < -0.3 is 14.8 Å². The highest BCUT2D eigenvalue weighted by atomic mass is 16.2. The lowest BCUT2D eigenvalue weighted by Crippen LogP contribution is -2.38. The molecule has 1 saturated heterocycles. The highest BCUT2D eigenvalue weighted by Gasteiger charge is 2.24. The minimum atomic E-state index is 0.0595. The first-order chi connectivity index (χ1) is 11.8. The van der Waals surface area contributed by atoms with Crippen molar-refractivity contribution in [3.63, 3.8) is 0 Å². The van der Waals surface area contributed by atoms with Crippen LogP contribution in [0.15, 0.2) is 60.9 Å². The van der Waals surface area contributed by atoms with Gasteiger partial charge in [-0.1, -0.05) is 24.3 Å². The van der Waals surface area contributed by atoms with Gasteiger partial charge in [0.05, 0.1) is 0 Å². The van der Waals surface area contributed by atoms with Crippen molar-refractivity contribution in [2.45, 2.75) is 19.0 Å². The van der Waals surface area contributed by atoms with Gasteiger partial charge in [0.2, 0.25) is 5.91 Å². The smallest absolute Gasteiger partial charge is 0.240 e. The molecule has 4 rings (SSSR count). The molecule has 3 heterocycles. The lowest BCUT2D eigenvalue weighted by Gasteiger charge is -2.18. The van der Waals surface area contributed by atoms with Gasteiger partial charge in [-0.2, -0.15) is 0 Å². The summed E-state index contributed by atoms with van der Waals surface area (Å²) < 4.78 is 2.00. The third-order valence-corrected chi connectivity index (χ3v) is 4.52. The molecular formula is C19H20N4O. The number of hydrogen-bond donors (Lipinski definition) is 1. The summed E-state index contributed by atoms with van der Waals surface area (Å²) in [7, 11) is 0. The number of rotatable bonds is 4. The fourth-order valence-corrected chi connectivity index (χ4v) is 3.33. The molecule has 1 atom stereocenters. The second kappa shape index (κ2) is 6.35. The van der Waals surface area contributed by atoms with Crippen molar-refractivity contribution in [1.82, 2.24) is 14.9 Å². The monoisotopic (exact) mass is 320 g/mol. The summed E-state index contributed by atoms with van der Waals surface area (Å²) >= 11 is 0. The van der Waals surface area contributed by atoms with E-state index in [1.54, 1.807) is 6.20 Å². The van der Waals surface area contributed by atoms with Crippen LogP contribution in [-0.4, -0.2) is 34.6 Å². The SMILES string of the molecule is O=C(Cn1ccc2ccccc21)N[C@@H]1CCN(c2ccccn2)C1. The van der Waals surface area contributed by atoms with Crippen LogP contribution in [0.1, 0.15) is 6.42 Å². The molecule has 5 nitrogen and oxygen atoms in total. The Balaban J connectivity index is 1.37. The van der Waals surface area contributed by atoms with Crippen molar-refractivity contribution in [3.8, 4) is 0 Å². The van der Waals surface area contributed by atoms with Crippen LogP contribution < -0.4 is 10.2 Å². The van der Waals surface area contributed by atoms with Crippen LogP contribution >= 0.6 is 0 Å². The third kappa shape index (κ3) is 2.97. The molecule has 1 aliphatic rings. The van der Waals surface area contributed by atoms with Crippen LogP contribution in [-0.2, 0) is 11.3 Å². The first kappa shape index (κ1) is 14.8. The summed E-state index contributed by atoms with van der Waals surface area (Å²) in [5.74, 6) is 1.04. The predicted molar refractivity (Wildman–Crippen MR) is 94.9 cm³/mol. The van der Waals surface area contributed by atoms with Crippen LogP contribution in [0, 0.1) is 0 Å². The summed E-state index contributed by atoms with van der Waals surface area (Å²) in [6, 6.07) is 16.3. The molecule has 0 spiro atoms. The molecule has 1 amide bonds. The molecule has 1 aromatic carbocycles.